The number of benzene rings is 2. The Morgan fingerprint density at radius 2 is 1.97 bits per heavy atom. The Morgan fingerprint density at radius 3 is 2.77 bits per heavy atom. The van der Waals surface area contributed by atoms with Crippen LogP contribution in [-0.4, -0.2) is 40.7 Å². The molecule has 0 bridgehead atoms. The van der Waals surface area contributed by atoms with Crippen LogP contribution >= 0.6 is 11.8 Å². The molecule has 4 aromatic rings. The fraction of sp³-hybridized carbons (Fsp3) is 0.174. The van der Waals surface area contributed by atoms with Gasteiger partial charge in [-0.1, -0.05) is 42.1 Å². The van der Waals surface area contributed by atoms with E-state index in [2.05, 4.69) is 9.97 Å². The maximum atomic E-state index is 12.7. The molecule has 0 N–H and O–H groups in total. The third kappa shape index (κ3) is 4.46. The van der Waals surface area contributed by atoms with Gasteiger partial charge in [0.05, 0.1) is 24.6 Å². The first kappa shape index (κ1) is 20.0. The lowest BCUT2D eigenvalue weighted by atomic mass is 10.2. The van der Waals surface area contributed by atoms with Gasteiger partial charge in [0.1, 0.15) is 10.8 Å². The van der Waals surface area contributed by atoms with E-state index in [0.717, 1.165) is 27.2 Å². The van der Waals surface area contributed by atoms with Gasteiger partial charge in [-0.2, -0.15) is 0 Å². The van der Waals surface area contributed by atoms with Crippen LogP contribution in [-0.2, 0) is 11.3 Å². The number of aromatic nitrogens is 2. The first-order valence-electron chi connectivity index (χ1n) is 9.44. The second-order valence-electron chi connectivity index (χ2n) is 6.74. The van der Waals surface area contributed by atoms with Crippen LogP contribution in [0.25, 0.3) is 22.5 Å². The molecular formula is C23H21N3O3S. The highest BCUT2D eigenvalue weighted by atomic mass is 32.2. The van der Waals surface area contributed by atoms with Crippen molar-refractivity contribution in [1.29, 1.82) is 0 Å². The fourth-order valence-electron chi connectivity index (χ4n) is 3.05. The van der Waals surface area contributed by atoms with Gasteiger partial charge in [0.15, 0.2) is 11.6 Å². The van der Waals surface area contributed by atoms with Gasteiger partial charge in [0.2, 0.25) is 5.91 Å². The van der Waals surface area contributed by atoms with Crippen LogP contribution in [0.1, 0.15) is 5.56 Å². The molecule has 0 fully saturated rings. The summed E-state index contributed by atoms with van der Waals surface area (Å²) in [5.41, 5.74) is 1.83. The molecule has 0 radical (unpaired) electrons. The highest BCUT2D eigenvalue weighted by molar-refractivity contribution is 8.00. The molecule has 2 aromatic carbocycles. The van der Waals surface area contributed by atoms with Crippen LogP contribution in [0.2, 0.25) is 0 Å². The molecule has 30 heavy (non-hydrogen) atoms. The Labute approximate surface area is 178 Å². The molecule has 0 aliphatic rings. The molecule has 0 aliphatic carbocycles. The molecule has 0 atom stereocenters. The summed E-state index contributed by atoms with van der Waals surface area (Å²) in [4.78, 5) is 23.7. The van der Waals surface area contributed by atoms with Crippen LogP contribution in [0.4, 0.5) is 0 Å². The Morgan fingerprint density at radius 1 is 1.10 bits per heavy atom. The monoisotopic (exact) mass is 419 g/mol. The molecule has 2 aromatic heterocycles. The molecule has 6 nitrogen and oxygen atoms in total. The number of amides is 1. The summed E-state index contributed by atoms with van der Waals surface area (Å²) < 4.78 is 10.7. The second kappa shape index (κ2) is 9.00. The zero-order valence-corrected chi connectivity index (χ0v) is 17.6. The van der Waals surface area contributed by atoms with Crippen LogP contribution < -0.4 is 4.74 Å². The summed E-state index contributed by atoms with van der Waals surface area (Å²) in [5, 5.41) is 1.68. The highest BCUT2D eigenvalue weighted by Gasteiger charge is 2.15. The topological polar surface area (TPSA) is 68.5 Å². The molecular weight excluding hydrogens is 398 g/mol. The molecule has 0 saturated carbocycles. The van der Waals surface area contributed by atoms with Crippen molar-refractivity contribution in [2.75, 3.05) is 19.9 Å². The molecule has 1 amide bonds. The quantitative estimate of drug-likeness (QED) is 0.321. The molecule has 7 heteroatoms. The number of rotatable bonds is 7. The number of thioether (sulfide) groups is 1. The minimum atomic E-state index is 0.0186. The average molecular weight is 420 g/mol. The number of furan rings is 1. The molecule has 0 spiro atoms. The van der Waals surface area contributed by atoms with Gasteiger partial charge in [0, 0.05) is 19.0 Å². The van der Waals surface area contributed by atoms with E-state index in [-0.39, 0.29) is 11.7 Å². The third-order valence-corrected chi connectivity index (χ3v) is 5.60. The van der Waals surface area contributed by atoms with Crippen LogP contribution in [0.5, 0.6) is 5.75 Å². The van der Waals surface area contributed by atoms with E-state index < -0.39 is 0 Å². The molecule has 152 valence electrons. The standard InChI is InChI=1S/C23H21N3O3S/c1-26(14-16-7-5-8-17(13-16)28-2)21(27)15-30-23-18-9-3-4-10-19(18)24-22(25-23)20-11-6-12-29-20/h3-13H,14-15H2,1-2H3. The normalized spacial score (nSPS) is 10.9. The number of hydrogen-bond acceptors (Lipinski definition) is 6. The zero-order chi connectivity index (χ0) is 20.9. The molecule has 0 aliphatic heterocycles. The van der Waals surface area contributed by atoms with Crippen molar-refractivity contribution < 1.29 is 13.9 Å². The summed E-state index contributed by atoms with van der Waals surface area (Å²) in [6.07, 6.45) is 1.60. The average Bonchev–Trinajstić information content (AvgIpc) is 3.32. The largest absolute Gasteiger partial charge is 0.497 e. The van der Waals surface area contributed by atoms with Gasteiger partial charge >= 0.3 is 0 Å². The van der Waals surface area contributed by atoms with E-state index in [1.54, 1.807) is 31.4 Å². The van der Waals surface area contributed by atoms with Crippen molar-refractivity contribution in [3.8, 4) is 17.3 Å². The number of nitrogens with zero attached hydrogens (tertiary/aromatic N) is 3. The summed E-state index contributed by atoms with van der Waals surface area (Å²) in [5.74, 6) is 2.19. The number of fused-ring (bicyclic) bond motifs is 1. The first-order chi connectivity index (χ1) is 14.6. The SMILES string of the molecule is COc1cccc(CN(C)C(=O)CSc2nc(-c3ccco3)nc3ccccc23)c1. The number of para-hydroxylation sites is 1. The van der Waals surface area contributed by atoms with Crippen LogP contribution in [0.15, 0.2) is 76.4 Å². The predicted octanol–water partition coefficient (Wildman–Crippen LogP) is 4.65. The fourth-order valence-corrected chi connectivity index (χ4v) is 4.01. The van der Waals surface area contributed by atoms with Gasteiger partial charge in [-0.25, -0.2) is 9.97 Å². The molecule has 2 heterocycles. The van der Waals surface area contributed by atoms with Crippen molar-refractivity contribution in [2.24, 2.45) is 0 Å². The van der Waals surface area contributed by atoms with Gasteiger partial charge in [-0.05, 0) is 35.9 Å². The van der Waals surface area contributed by atoms with Gasteiger partial charge in [-0.15, -0.1) is 0 Å². The van der Waals surface area contributed by atoms with E-state index >= 15 is 0 Å². The number of carbonyl (C=O) groups is 1. The van der Waals surface area contributed by atoms with E-state index in [4.69, 9.17) is 9.15 Å². The number of methoxy groups -OCH3 is 1. The van der Waals surface area contributed by atoms with Crippen molar-refractivity contribution in [2.45, 2.75) is 11.6 Å². The van der Waals surface area contributed by atoms with Crippen molar-refractivity contribution >= 4 is 28.6 Å². The second-order valence-corrected chi connectivity index (χ2v) is 7.70. The van der Waals surface area contributed by atoms with Crippen molar-refractivity contribution in [3.05, 3.63) is 72.5 Å². The molecule has 0 unspecified atom stereocenters. The van der Waals surface area contributed by atoms with E-state index in [1.165, 1.54) is 11.8 Å². The Hall–Kier alpha value is -3.32. The number of carbonyl (C=O) groups excluding carboxylic acids is 1. The van der Waals surface area contributed by atoms with Crippen molar-refractivity contribution in [1.82, 2.24) is 14.9 Å². The van der Waals surface area contributed by atoms with Crippen LogP contribution in [0, 0.1) is 0 Å². The molecule has 4 rings (SSSR count). The van der Waals surface area contributed by atoms with E-state index in [0.29, 0.717) is 18.1 Å². The van der Waals surface area contributed by atoms with Gasteiger partial charge in [-0.3, -0.25) is 4.79 Å². The molecule has 0 saturated heterocycles. The lowest BCUT2D eigenvalue weighted by Gasteiger charge is -2.17. The zero-order valence-electron chi connectivity index (χ0n) is 16.7. The lowest BCUT2D eigenvalue weighted by molar-refractivity contribution is -0.127. The summed E-state index contributed by atoms with van der Waals surface area (Å²) in [7, 11) is 3.43. The first-order valence-corrected chi connectivity index (χ1v) is 10.4. The Kier molecular flexibility index (Phi) is 5.99. The minimum absolute atomic E-state index is 0.0186. The maximum Gasteiger partial charge on any atom is 0.233 e. The van der Waals surface area contributed by atoms with E-state index in [9.17, 15) is 4.79 Å². The van der Waals surface area contributed by atoms with E-state index in [1.807, 2.05) is 54.6 Å². The van der Waals surface area contributed by atoms with Gasteiger partial charge in [0.25, 0.3) is 0 Å². The highest BCUT2D eigenvalue weighted by Crippen LogP contribution is 2.28. The smallest absolute Gasteiger partial charge is 0.233 e. The summed E-state index contributed by atoms with van der Waals surface area (Å²) in [6, 6.07) is 19.1. The summed E-state index contributed by atoms with van der Waals surface area (Å²) in [6.45, 7) is 0.513. The van der Waals surface area contributed by atoms with Crippen molar-refractivity contribution in [3.63, 3.8) is 0 Å². The third-order valence-electron chi connectivity index (χ3n) is 4.62. The Bertz CT molecular complexity index is 1160. The Balaban J connectivity index is 1.50. The number of hydrogen-bond donors (Lipinski definition) is 0. The predicted molar refractivity (Wildman–Crippen MR) is 117 cm³/mol. The maximum absolute atomic E-state index is 12.7. The van der Waals surface area contributed by atoms with Gasteiger partial charge < -0.3 is 14.1 Å². The number of ether oxygens (including phenoxy) is 1. The minimum Gasteiger partial charge on any atom is -0.497 e. The van der Waals surface area contributed by atoms with Crippen LogP contribution in [0.3, 0.4) is 0 Å². The summed E-state index contributed by atoms with van der Waals surface area (Å²) >= 11 is 1.41. The lowest BCUT2D eigenvalue weighted by Crippen LogP contribution is -2.27.